The largest absolute Gasteiger partial charge is 0.373 e. The van der Waals surface area contributed by atoms with Gasteiger partial charge in [0.15, 0.2) is 0 Å². The van der Waals surface area contributed by atoms with E-state index in [2.05, 4.69) is 27.7 Å². The van der Waals surface area contributed by atoms with Crippen LogP contribution in [-0.4, -0.2) is 35.3 Å². The number of ether oxygens (including phenoxy) is 1. The smallest absolute Gasteiger partial charge is 0.134 e. The molecule has 0 saturated heterocycles. The molecule has 0 unspecified atom stereocenters. The van der Waals surface area contributed by atoms with E-state index in [9.17, 15) is 19.2 Å². The van der Waals surface area contributed by atoms with Crippen molar-refractivity contribution in [2.45, 2.75) is 117 Å². The summed E-state index contributed by atoms with van der Waals surface area (Å²) in [6, 6.07) is 0. The molecule has 4 fully saturated rings. The fourth-order valence-electron chi connectivity index (χ4n) is 7.43. The van der Waals surface area contributed by atoms with Crippen LogP contribution in [0.25, 0.3) is 0 Å². The molecule has 5 heteroatoms. The van der Waals surface area contributed by atoms with E-state index in [0.717, 1.165) is 25.7 Å². The second kappa shape index (κ2) is 7.60. The summed E-state index contributed by atoms with van der Waals surface area (Å²) in [5, 5.41) is 0. The Bertz CT molecular complexity index is 647. The van der Waals surface area contributed by atoms with Crippen LogP contribution in [0.2, 0.25) is 0 Å². The Morgan fingerprint density at radius 2 is 0.710 bits per heavy atom. The molecule has 4 aliphatic carbocycles. The molecule has 4 saturated carbocycles. The van der Waals surface area contributed by atoms with Crippen molar-refractivity contribution in [1.29, 1.82) is 0 Å². The monoisotopic (exact) mass is 430 g/mol. The van der Waals surface area contributed by atoms with Gasteiger partial charge in [-0.05, 0) is 25.7 Å². The van der Waals surface area contributed by atoms with Crippen LogP contribution in [0.4, 0.5) is 0 Å². The van der Waals surface area contributed by atoms with Crippen molar-refractivity contribution in [3.8, 4) is 0 Å². The molecule has 0 aromatic carbocycles. The van der Waals surface area contributed by atoms with Crippen LogP contribution in [0.15, 0.2) is 0 Å². The Balaban J connectivity index is 1.74. The lowest BCUT2D eigenvalue weighted by Crippen LogP contribution is -2.66. The van der Waals surface area contributed by atoms with Crippen molar-refractivity contribution < 1.29 is 23.9 Å². The average molecular weight is 431 g/mol. The van der Waals surface area contributed by atoms with Crippen LogP contribution in [0.1, 0.15) is 105 Å². The maximum Gasteiger partial charge on any atom is 0.134 e. The predicted molar refractivity (Wildman–Crippen MR) is 117 cm³/mol. The summed E-state index contributed by atoms with van der Waals surface area (Å²) >= 11 is 0. The zero-order valence-electron chi connectivity index (χ0n) is 19.7. The molecule has 0 bridgehead atoms. The van der Waals surface area contributed by atoms with Gasteiger partial charge in [-0.2, -0.15) is 0 Å². The van der Waals surface area contributed by atoms with Crippen LogP contribution in [0.5, 0.6) is 0 Å². The maximum absolute atomic E-state index is 12.2. The van der Waals surface area contributed by atoms with Crippen molar-refractivity contribution >= 4 is 23.1 Å². The van der Waals surface area contributed by atoms with Gasteiger partial charge in [-0.1, -0.05) is 27.7 Å². The van der Waals surface area contributed by atoms with E-state index in [-0.39, 0.29) is 57.0 Å². The molecule has 0 radical (unpaired) electrons. The van der Waals surface area contributed by atoms with Crippen LogP contribution < -0.4 is 0 Å². The molecule has 4 rings (SSSR count). The first-order valence-electron chi connectivity index (χ1n) is 12.3. The Labute approximate surface area is 186 Å². The number of carbonyl (C=O) groups is 4. The molecule has 5 nitrogen and oxygen atoms in total. The topological polar surface area (TPSA) is 77.5 Å². The third kappa shape index (κ3) is 3.29. The Morgan fingerprint density at radius 3 is 0.839 bits per heavy atom. The van der Waals surface area contributed by atoms with E-state index in [1.54, 1.807) is 0 Å². The van der Waals surface area contributed by atoms with E-state index >= 15 is 0 Å². The molecular formula is C26H38O5. The zero-order valence-corrected chi connectivity index (χ0v) is 19.7. The van der Waals surface area contributed by atoms with E-state index in [1.165, 1.54) is 0 Å². The molecule has 0 aromatic rings. The quantitative estimate of drug-likeness (QED) is 0.498. The molecular weight excluding hydrogens is 392 g/mol. The highest BCUT2D eigenvalue weighted by atomic mass is 16.5. The van der Waals surface area contributed by atoms with Crippen molar-refractivity contribution in [3.05, 3.63) is 0 Å². The number of ketones is 4. The first-order chi connectivity index (χ1) is 14.6. The third-order valence-corrected chi connectivity index (χ3v) is 9.71. The average Bonchev–Trinajstić information content (AvgIpc) is 2.65. The van der Waals surface area contributed by atoms with Crippen LogP contribution in [-0.2, 0) is 23.9 Å². The summed E-state index contributed by atoms with van der Waals surface area (Å²) < 4.78 is 7.23. The number of carbonyl (C=O) groups excluding carboxylic acids is 4. The molecule has 0 aliphatic heterocycles. The van der Waals surface area contributed by atoms with Crippen molar-refractivity contribution in [1.82, 2.24) is 0 Å². The molecule has 172 valence electrons. The Kier molecular flexibility index (Phi) is 5.60. The molecule has 0 atom stereocenters. The van der Waals surface area contributed by atoms with Gasteiger partial charge >= 0.3 is 0 Å². The van der Waals surface area contributed by atoms with Gasteiger partial charge in [-0.15, -0.1) is 0 Å². The fraction of sp³-hybridized carbons (Fsp3) is 0.846. The van der Waals surface area contributed by atoms with E-state index in [1.807, 2.05) is 0 Å². The molecule has 4 aliphatic rings. The summed E-state index contributed by atoms with van der Waals surface area (Å²) in [5.74, 6) is 1.10. The molecule has 0 spiro atoms. The van der Waals surface area contributed by atoms with E-state index in [0.29, 0.717) is 51.4 Å². The van der Waals surface area contributed by atoms with Gasteiger partial charge in [0.2, 0.25) is 0 Å². The summed E-state index contributed by atoms with van der Waals surface area (Å²) in [6.45, 7) is 8.53. The first-order valence-corrected chi connectivity index (χ1v) is 12.3. The molecule has 0 aromatic heterocycles. The molecule has 0 heterocycles. The van der Waals surface area contributed by atoms with Gasteiger partial charge in [0.1, 0.15) is 23.1 Å². The van der Waals surface area contributed by atoms with E-state index < -0.39 is 0 Å². The standard InChI is InChI=1S/C26H38O5/c1-5-23(9-17(27)10-23)21(24(6-2)11-18(28)12-24)31-22(25(7-3)13-19(29)14-25)26(8-4)15-20(30)16-26/h21-22H,5-16H2,1-4H3. The summed E-state index contributed by atoms with van der Waals surface area (Å²) in [4.78, 5) is 48.7. The summed E-state index contributed by atoms with van der Waals surface area (Å²) in [5.41, 5.74) is -0.899. The van der Waals surface area contributed by atoms with Crippen molar-refractivity contribution in [2.24, 2.45) is 21.7 Å². The number of hydrogen-bond acceptors (Lipinski definition) is 5. The minimum atomic E-state index is -0.225. The SMILES string of the molecule is CCC1(C(OC(C2(CC)CC(=O)C2)C2(CC)CC(=O)C2)C2(CC)CC(=O)C2)CC(=O)C1. The van der Waals surface area contributed by atoms with Crippen LogP contribution >= 0.6 is 0 Å². The second-order valence-corrected chi connectivity index (χ2v) is 11.3. The number of rotatable bonds is 10. The van der Waals surface area contributed by atoms with Crippen molar-refractivity contribution in [2.75, 3.05) is 0 Å². The zero-order chi connectivity index (χ0) is 22.7. The lowest BCUT2D eigenvalue weighted by molar-refractivity contribution is -0.253. The van der Waals surface area contributed by atoms with Gasteiger partial charge in [0.25, 0.3) is 0 Å². The molecule has 31 heavy (non-hydrogen) atoms. The van der Waals surface area contributed by atoms with Crippen LogP contribution in [0, 0.1) is 21.7 Å². The van der Waals surface area contributed by atoms with E-state index in [4.69, 9.17) is 4.74 Å². The highest BCUT2D eigenvalue weighted by molar-refractivity contribution is 5.89. The second-order valence-electron chi connectivity index (χ2n) is 11.3. The Hall–Kier alpha value is -1.36. The van der Waals surface area contributed by atoms with Gasteiger partial charge < -0.3 is 4.74 Å². The number of hydrogen-bond donors (Lipinski definition) is 0. The molecule has 0 amide bonds. The summed E-state index contributed by atoms with van der Waals surface area (Å²) in [6.07, 6.45) is 7.22. The lowest BCUT2D eigenvalue weighted by atomic mass is 9.48. The van der Waals surface area contributed by atoms with Gasteiger partial charge in [0, 0.05) is 73.0 Å². The highest BCUT2D eigenvalue weighted by Gasteiger charge is 2.65. The van der Waals surface area contributed by atoms with Gasteiger partial charge in [-0.3, -0.25) is 19.2 Å². The number of Topliss-reactive ketones (excluding diaryl/α,β-unsaturated/α-hetero) is 4. The van der Waals surface area contributed by atoms with Gasteiger partial charge in [0.05, 0.1) is 12.2 Å². The Morgan fingerprint density at radius 1 is 0.516 bits per heavy atom. The maximum atomic E-state index is 12.2. The lowest BCUT2D eigenvalue weighted by Gasteiger charge is -2.63. The first kappa shape index (κ1) is 22.8. The predicted octanol–water partition coefficient (Wildman–Crippen LogP) is 4.78. The minimum Gasteiger partial charge on any atom is -0.373 e. The normalized spacial score (nSPS) is 27.5. The van der Waals surface area contributed by atoms with Crippen molar-refractivity contribution in [3.63, 3.8) is 0 Å². The van der Waals surface area contributed by atoms with Gasteiger partial charge in [-0.25, -0.2) is 0 Å². The minimum absolute atomic E-state index is 0.173. The molecule has 0 N–H and O–H groups in total. The fourth-order valence-corrected chi connectivity index (χ4v) is 7.43. The third-order valence-electron chi connectivity index (χ3n) is 9.71. The van der Waals surface area contributed by atoms with Crippen LogP contribution in [0.3, 0.4) is 0 Å². The summed E-state index contributed by atoms with van der Waals surface area (Å²) in [7, 11) is 0. The highest BCUT2D eigenvalue weighted by Crippen LogP contribution is 2.63.